The maximum Gasteiger partial charge on any atom is 0.209 e. The van der Waals surface area contributed by atoms with E-state index in [1.165, 1.54) is 0 Å². The Balaban J connectivity index is 3.72. The molecule has 0 aromatic rings. The fourth-order valence-electron chi connectivity index (χ4n) is 0.832. The predicted octanol–water partition coefficient (Wildman–Crippen LogP) is 2.07. The number of carbonyl (C=O) groups is 1. The lowest BCUT2D eigenvalue weighted by molar-refractivity contribution is -0.117. The number of rotatable bonds is 5. The molecule has 0 unspecified atom stereocenters. The Hall–Kier alpha value is -0.790. The van der Waals surface area contributed by atoms with Gasteiger partial charge in [0.05, 0.1) is 0 Å². The minimum Gasteiger partial charge on any atom is -0.342 e. The van der Waals surface area contributed by atoms with Crippen LogP contribution in [0.1, 0.15) is 27.2 Å². The van der Waals surface area contributed by atoms with Crippen LogP contribution in [0.3, 0.4) is 0 Å². The van der Waals surface area contributed by atoms with Crippen LogP contribution < -0.4 is 0 Å². The number of hydrogen-bond acceptors (Lipinski definition) is 1. The molecule has 2 heteroatoms. The zero-order valence-corrected chi connectivity index (χ0v) is 8.34. The molecule has 0 aliphatic carbocycles. The first-order valence-corrected chi connectivity index (χ1v) is 4.30. The summed E-state index contributed by atoms with van der Waals surface area (Å²) >= 11 is 0. The van der Waals surface area contributed by atoms with E-state index in [0.29, 0.717) is 12.0 Å². The lowest BCUT2D eigenvalue weighted by Gasteiger charge is -2.22. The second kappa shape index (κ2) is 4.96. The fourth-order valence-corrected chi connectivity index (χ4v) is 0.832. The monoisotopic (exact) mass is 169 g/mol. The van der Waals surface area contributed by atoms with Crippen molar-refractivity contribution in [1.82, 2.24) is 4.90 Å². The van der Waals surface area contributed by atoms with E-state index in [0.717, 1.165) is 19.4 Å². The van der Waals surface area contributed by atoms with Crippen LogP contribution in [-0.4, -0.2) is 24.4 Å². The van der Waals surface area contributed by atoms with E-state index < -0.39 is 0 Å². The van der Waals surface area contributed by atoms with E-state index in [9.17, 15) is 4.79 Å². The summed E-state index contributed by atoms with van der Waals surface area (Å²) in [6, 6.07) is 0. The topological polar surface area (TPSA) is 20.3 Å². The van der Waals surface area contributed by atoms with Gasteiger partial charge in [-0.15, -0.1) is 6.58 Å². The number of nitrogens with zero attached hydrogens (tertiary/aromatic N) is 1. The highest BCUT2D eigenvalue weighted by Crippen LogP contribution is 2.18. The zero-order chi connectivity index (χ0) is 9.61. The molecule has 0 heterocycles. The lowest BCUT2D eigenvalue weighted by atomic mass is 9.92. The Morgan fingerprint density at radius 3 is 2.33 bits per heavy atom. The van der Waals surface area contributed by atoms with Crippen molar-refractivity contribution in [3.8, 4) is 0 Å². The SMILES string of the molecule is C=CCN(C=O)CCC(C)(C)C. The largest absolute Gasteiger partial charge is 0.342 e. The van der Waals surface area contributed by atoms with E-state index >= 15 is 0 Å². The molecule has 70 valence electrons. The molecule has 0 saturated carbocycles. The van der Waals surface area contributed by atoms with Gasteiger partial charge in [0.2, 0.25) is 6.41 Å². The van der Waals surface area contributed by atoms with Crippen molar-refractivity contribution in [3.05, 3.63) is 12.7 Å². The first-order chi connectivity index (χ1) is 5.49. The van der Waals surface area contributed by atoms with Gasteiger partial charge in [-0.05, 0) is 11.8 Å². The van der Waals surface area contributed by atoms with Gasteiger partial charge in [0, 0.05) is 13.1 Å². The van der Waals surface area contributed by atoms with Crippen molar-refractivity contribution in [1.29, 1.82) is 0 Å². The molecule has 0 aromatic carbocycles. The maximum atomic E-state index is 10.5. The standard InChI is InChI=1S/C10H19NO/c1-5-7-11(9-12)8-6-10(2,3)4/h5,9H,1,6-8H2,2-4H3. The molecular weight excluding hydrogens is 150 g/mol. The average Bonchev–Trinajstić information content (AvgIpc) is 1.96. The summed E-state index contributed by atoms with van der Waals surface area (Å²) < 4.78 is 0. The Labute approximate surface area is 75.3 Å². The summed E-state index contributed by atoms with van der Waals surface area (Å²) in [5.41, 5.74) is 0.294. The smallest absolute Gasteiger partial charge is 0.209 e. The molecule has 1 amide bonds. The molecule has 0 bridgehead atoms. The third-order valence-electron chi connectivity index (χ3n) is 1.66. The molecule has 0 aliphatic heterocycles. The quantitative estimate of drug-likeness (QED) is 0.455. The van der Waals surface area contributed by atoms with E-state index in [1.807, 2.05) is 0 Å². The predicted molar refractivity (Wildman–Crippen MR) is 51.9 cm³/mol. The summed E-state index contributed by atoms with van der Waals surface area (Å²) in [6.45, 7) is 11.6. The minimum atomic E-state index is 0.294. The molecule has 0 saturated heterocycles. The number of hydrogen-bond donors (Lipinski definition) is 0. The molecule has 0 spiro atoms. The van der Waals surface area contributed by atoms with E-state index in [4.69, 9.17) is 0 Å². The molecule has 0 rings (SSSR count). The van der Waals surface area contributed by atoms with Gasteiger partial charge in [-0.25, -0.2) is 0 Å². The van der Waals surface area contributed by atoms with Crippen molar-refractivity contribution in [2.75, 3.05) is 13.1 Å². The van der Waals surface area contributed by atoms with Crippen molar-refractivity contribution in [2.24, 2.45) is 5.41 Å². The molecule has 2 nitrogen and oxygen atoms in total. The maximum absolute atomic E-state index is 10.5. The summed E-state index contributed by atoms with van der Waals surface area (Å²) in [5.74, 6) is 0. The van der Waals surface area contributed by atoms with Crippen LogP contribution in [-0.2, 0) is 4.79 Å². The molecule has 0 radical (unpaired) electrons. The van der Waals surface area contributed by atoms with Crippen LogP contribution in [0.15, 0.2) is 12.7 Å². The van der Waals surface area contributed by atoms with E-state index in [-0.39, 0.29) is 0 Å². The van der Waals surface area contributed by atoms with Gasteiger partial charge in [-0.2, -0.15) is 0 Å². The molecule has 0 aliphatic rings. The molecule has 0 atom stereocenters. The van der Waals surface area contributed by atoms with Crippen LogP contribution in [0.4, 0.5) is 0 Å². The van der Waals surface area contributed by atoms with Crippen LogP contribution in [0, 0.1) is 5.41 Å². The van der Waals surface area contributed by atoms with Gasteiger partial charge in [0.1, 0.15) is 0 Å². The van der Waals surface area contributed by atoms with Gasteiger partial charge < -0.3 is 4.90 Å². The van der Waals surface area contributed by atoms with Gasteiger partial charge in [-0.3, -0.25) is 4.79 Å². The summed E-state index contributed by atoms with van der Waals surface area (Å²) in [4.78, 5) is 12.2. The Bertz CT molecular complexity index is 146. The van der Waals surface area contributed by atoms with Crippen molar-refractivity contribution < 1.29 is 4.79 Å². The normalized spacial score (nSPS) is 10.9. The van der Waals surface area contributed by atoms with Crippen LogP contribution >= 0.6 is 0 Å². The second-order valence-corrected chi connectivity index (χ2v) is 4.20. The Morgan fingerprint density at radius 1 is 1.42 bits per heavy atom. The average molecular weight is 169 g/mol. The zero-order valence-electron chi connectivity index (χ0n) is 8.34. The highest BCUT2D eigenvalue weighted by atomic mass is 16.1. The summed E-state index contributed by atoms with van der Waals surface area (Å²) in [5, 5.41) is 0. The second-order valence-electron chi connectivity index (χ2n) is 4.20. The van der Waals surface area contributed by atoms with Crippen LogP contribution in [0.25, 0.3) is 0 Å². The third kappa shape index (κ3) is 5.96. The molecule has 0 aromatic heterocycles. The molecule has 12 heavy (non-hydrogen) atoms. The van der Waals surface area contributed by atoms with Crippen molar-refractivity contribution in [2.45, 2.75) is 27.2 Å². The summed E-state index contributed by atoms with van der Waals surface area (Å²) in [7, 11) is 0. The van der Waals surface area contributed by atoms with Gasteiger partial charge in [-0.1, -0.05) is 26.8 Å². The Morgan fingerprint density at radius 2 is 2.00 bits per heavy atom. The van der Waals surface area contributed by atoms with E-state index in [1.54, 1.807) is 11.0 Å². The molecular formula is C10H19NO. The molecule has 0 N–H and O–H groups in total. The minimum absolute atomic E-state index is 0.294. The first-order valence-electron chi connectivity index (χ1n) is 4.30. The highest BCUT2D eigenvalue weighted by molar-refractivity contribution is 5.47. The van der Waals surface area contributed by atoms with Gasteiger partial charge in [0.15, 0.2) is 0 Å². The van der Waals surface area contributed by atoms with Crippen molar-refractivity contribution >= 4 is 6.41 Å². The highest BCUT2D eigenvalue weighted by Gasteiger charge is 2.11. The van der Waals surface area contributed by atoms with Crippen LogP contribution in [0.5, 0.6) is 0 Å². The third-order valence-corrected chi connectivity index (χ3v) is 1.66. The van der Waals surface area contributed by atoms with Crippen molar-refractivity contribution in [3.63, 3.8) is 0 Å². The van der Waals surface area contributed by atoms with Gasteiger partial charge >= 0.3 is 0 Å². The molecule has 0 fully saturated rings. The fraction of sp³-hybridized carbons (Fsp3) is 0.700. The Kier molecular flexibility index (Phi) is 4.64. The summed E-state index contributed by atoms with van der Waals surface area (Å²) in [6.07, 6.45) is 3.66. The lowest BCUT2D eigenvalue weighted by Crippen LogP contribution is -2.26. The van der Waals surface area contributed by atoms with E-state index in [2.05, 4.69) is 27.4 Å². The number of carbonyl (C=O) groups excluding carboxylic acids is 1. The van der Waals surface area contributed by atoms with Gasteiger partial charge in [0.25, 0.3) is 0 Å². The van der Waals surface area contributed by atoms with Crippen LogP contribution in [0.2, 0.25) is 0 Å². The number of amides is 1. The first kappa shape index (κ1) is 11.2.